The van der Waals surface area contributed by atoms with Crippen LogP contribution in [0.25, 0.3) is 0 Å². The van der Waals surface area contributed by atoms with Crippen LogP contribution in [0.5, 0.6) is 0 Å². The van der Waals surface area contributed by atoms with Crippen LogP contribution in [0, 0.1) is 11.6 Å². The first-order valence-electron chi connectivity index (χ1n) is 5.74. The first-order chi connectivity index (χ1) is 9.45. The summed E-state index contributed by atoms with van der Waals surface area (Å²) in [5.74, 6) is -1.97. The van der Waals surface area contributed by atoms with Gasteiger partial charge in [0, 0.05) is 16.2 Å². The lowest BCUT2D eigenvalue weighted by Crippen LogP contribution is -2.16. The minimum absolute atomic E-state index is 0.0499. The zero-order chi connectivity index (χ0) is 14.7. The highest BCUT2D eigenvalue weighted by molar-refractivity contribution is 9.10. The molecule has 0 radical (unpaired) electrons. The summed E-state index contributed by atoms with van der Waals surface area (Å²) < 4.78 is 26.7. The van der Waals surface area contributed by atoms with Crippen molar-refractivity contribution < 1.29 is 13.6 Å². The fourth-order valence-electron chi connectivity index (χ4n) is 1.73. The van der Waals surface area contributed by atoms with Crippen molar-refractivity contribution in [1.29, 1.82) is 0 Å². The Hall–Kier alpha value is -1.95. The summed E-state index contributed by atoms with van der Waals surface area (Å²) in [6, 6.07) is 8.63. The highest BCUT2D eigenvalue weighted by Gasteiger charge is 2.13. The number of anilines is 2. The second kappa shape index (κ2) is 6.00. The number of hydrogen-bond donors (Lipinski definition) is 2. The van der Waals surface area contributed by atoms with Crippen LogP contribution >= 0.6 is 15.9 Å². The standard InChI is InChI=1S/C14H11BrF2N2O/c15-11-6-9(16)7-12(17)14(11)19-13(20)5-8-2-1-3-10(18)4-8/h1-4,6-7H,5,18H2,(H,19,20). The van der Waals surface area contributed by atoms with Gasteiger partial charge in [0.05, 0.1) is 12.1 Å². The van der Waals surface area contributed by atoms with E-state index in [-0.39, 0.29) is 16.6 Å². The molecule has 0 aliphatic carbocycles. The lowest BCUT2D eigenvalue weighted by Gasteiger charge is -2.09. The molecule has 2 aromatic rings. The number of carbonyl (C=O) groups is 1. The molecule has 0 unspecified atom stereocenters. The fourth-order valence-corrected chi connectivity index (χ4v) is 2.24. The number of nitrogens with one attached hydrogen (secondary N) is 1. The van der Waals surface area contributed by atoms with Crippen LogP contribution in [0.4, 0.5) is 20.2 Å². The number of nitrogen functional groups attached to an aromatic ring is 1. The van der Waals surface area contributed by atoms with Crippen LogP contribution in [0.3, 0.4) is 0 Å². The number of hydrogen-bond acceptors (Lipinski definition) is 2. The van der Waals surface area contributed by atoms with Gasteiger partial charge in [-0.15, -0.1) is 0 Å². The second-order valence-electron chi connectivity index (χ2n) is 4.21. The van der Waals surface area contributed by atoms with Crippen molar-refractivity contribution in [2.75, 3.05) is 11.1 Å². The van der Waals surface area contributed by atoms with Gasteiger partial charge in [-0.3, -0.25) is 4.79 Å². The van der Waals surface area contributed by atoms with Crippen LogP contribution in [0.1, 0.15) is 5.56 Å². The van der Waals surface area contributed by atoms with Crippen LogP contribution < -0.4 is 11.1 Å². The van der Waals surface area contributed by atoms with Gasteiger partial charge < -0.3 is 11.1 Å². The average Bonchev–Trinajstić information content (AvgIpc) is 2.33. The normalized spacial score (nSPS) is 10.3. The van der Waals surface area contributed by atoms with E-state index < -0.39 is 17.5 Å². The van der Waals surface area contributed by atoms with Gasteiger partial charge in [-0.1, -0.05) is 12.1 Å². The minimum atomic E-state index is -0.835. The maximum absolute atomic E-state index is 13.6. The lowest BCUT2D eigenvalue weighted by atomic mass is 10.1. The molecule has 0 saturated carbocycles. The van der Waals surface area contributed by atoms with Gasteiger partial charge >= 0.3 is 0 Å². The molecule has 0 spiro atoms. The predicted molar refractivity (Wildman–Crippen MR) is 77.2 cm³/mol. The Balaban J connectivity index is 2.13. The van der Waals surface area contributed by atoms with E-state index >= 15 is 0 Å². The SMILES string of the molecule is Nc1cccc(CC(=O)Nc2c(F)cc(F)cc2Br)c1. The number of halogens is 3. The number of benzene rings is 2. The van der Waals surface area contributed by atoms with Crippen molar-refractivity contribution >= 4 is 33.2 Å². The molecule has 0 saturated heterocycles. The largest absolute Gasteiger partial charge is 0.399 e. The van der Waals surface area contributed by atoms with Crippen molar-refractivity contribution in [3.05, 3.63) is 58.1 Å². The van der Waals surface area contributed by atoms with Gasteiger partial charge in [-0.2, -0.15) is 0 Å². The molecule has 3 N–H and O–H groups in total. The summed E-state index contributed by atoms with van der Waals surface area (Å²) in [4.78, 5) is 11.8. The molecule has 0 aliphatic rings. The zero-order valence-electron chi connectivity index (χ0n) is 10.3. The first kappa shape index (κ1) is 14.5. The molecule has 0 heterocycles. The van der Waals surface area contributed by atoms with Crippen LogP contribution in [-0.2, 0) is 11.2 Å². The Morgan fingerprint density at radius 1 is 1.25 bits per heavy atom. The summed E-state index contributed by atoms with van der Waals surface area (Å²) in [5, 5.41) is 2.41. The fraction of sp³-hybridized carbons (Fsp3) is 0.0714. The predicted octanol–water partition coefficient (Wildman–Crippen LogP) is 3.49. The Morgan fingerprint density at radius 2 is 2.00 bits per heavy atom. The third-order valence-electron chi connectivity index (χ3n) is 2.59. The van der Waals surface area contributed by atoms with Gasteiger partial charge in [-0.05, 0) is 39.7 Å². The number of amides is 1. The minimum Gasteiger partial charge on any atom is -0.399 e. The summed E-state index contributed by atoms with van der Waals surface area (Å²) in [6.07, 6.45) is 0.0499. The smallest absolute Gasteiger partial charge is 0.228 e. The molecule has 3 nitrogen and oxygen atoms in total. The van der Waals surface area contributed by atoms with E-state index in [1.54, 1.807) is 24.3 Å². The second-order valence-corrected chi connectivity index (χ2v) is 5.07. The van der Waals surface area contributed by atoms with Crippen molar-refractivity contribution in [3.8, 4) is 0 Å². The molecule has 0 atom stereocenters. The molecule has 104 valence electrons. The van der Waals surface area contributed by atoms with E-state index in [9.17, 15) is 13.6 Å². The van der Waals surface area contributed by atoms with E-state index in [0.29, 0.717) is 17.3 Å². The summed E-state index contributed by atoms with van der Waals surface area (Å²) in [6.45, 7) is 0. The maximum atomic E-state index is 13.6. The molecule has 20 heavy (non-hydrogen) atoms. The third-order valence-corrected chi connectivity index (χ3v) is 3.21. The highest BCUT2D eigenvalue weighted by Crippen LogP contribution is 2.27. The molecule has 1 amide bonds. The molecule has 2 aromatic carbocycles. The Morgan fingerprint density at radius 3 is 2.65 bits per heavy atom. The van der Waals surface area contributed by atoms with Gasteiger partial charge in [0.15, 0.2) is 5.82 Å². The van der Waals surface area contributed by atoms with Crippen LogP contribution in [0.15, 0.2) is 40.9 Å². The molecule has 2 rings (SSSR count). The van der Waals surface area contributed by atoms with Crippen molar-refractivity contribution in [2.45, 2.75) is 6.42 Å². The molecule has 0 bridgehead atoms. The van der Waals surface area contributed by atoms with Gasteiger partial charge in [0.1, 0.15) is 5.82 Å². The Kier molecular flexibility index (Phi) is 4.34. The maximum Gasteiger partial charge on any atom is 0.228 e. The monoisotopic (exact) mass is 340 g/mol. The highest BCUT2D eigenvalue weighted by atomic mass is 79.9. The Labute approximate surface area is 122 Å². The van der Waals surface area contributed by atoms with Crippen molar-refractivity contribution in [1.82, 2.24) is 0 Å². The Bertz CT molecular complexity index is 638. The summed E-state index contributed by atoms with van der Waals surface area (Å²) in [7, 11) is 0. The van der Waals surface area contributed by atoms with Crippen molar-refractivity contribution in [2.24, 2.45) is 0 Å². The summed E-state index contributed by atoms with van der Waals surface area (Å²) >= 11 is 3.01. The van der Waals surface area contributed by atoms with E-state index in [0.717, 1.165) is 6.07 Å². The van der Waals surface area contributed by atoms with Gasteiger partial charge in [0.2, 0.25) is 5.91 Å². The summed E-state index contributed by atoms with van der Waals surface area (Å²) in [5.41, 5.74) is 6.78. The molecule has 0 fully saturated rings. The topological polar surface area (TPSA) is 55.1 Å². The van der Waals surface area contributed by atoms with Crippen molar-refractivity contribution in [3.63, 3.8) is 0 Å². The molecule has 6 heteroatoms. The van der Waals surface area contributed by atoms with E-state index in [4.69, 9.17) is 5.73 Å². The number of rotatable bonds is 3. The number of nitrogens with two attached hydrogens (primary N) is 1. The molecule has 0 aromatic heterocycles. The third kappa shape index (κ3) is 3.54. The molecular formula is C14H11BrF2N2O. The van der Waals surface area contributed by atoms with Gasteiger partial charge in [0.25, 0.3) is 0 Å². The quantitative estimate of drug-likeness (QED) is 0.840. The van der Waals surface area contributed by atoms with E-state index in [1.165, 1.54) is 0 Å². The van der Waals surface area contributed by atoms with Gasteiger partial charge in [-0.25, -0.2) is 8.78 Å². The van der Waals surface area contributed by atoms with Crippen LogP contribution in [0.2, 0.25) is 0 Å². The van der Waals surface area contributed by atoms with E-state index in [2.05, 4.69) is 21.2 Å². The number of carbonyl (C=O) groups excluding carboxylic acids is 1. The van der Waals surface area contributed by atoms with Crippen LogP contribution in [-0.4, -0.2) is 5.91 Å². The van der Waals surface area contributed by atoms with E-state index in [1.807, 2.05) is 0 Å². The first-order valence-corrected chi connectivity index (χ1v) is 6.54. The molecule has 0 aliphatic heterocycles. The lowest BCUT2D eigenvalue weighted by molar-refractivity contribution is -0.115. The average molecular weight is 341 g/mol. The zero-order valence-corrected chi connectivity index (χ0v) is 11.9. The molecular weight excluding hydrogens is 330 g/mol.